The second-order valence-electron chi connectivity index (χ2n) is 6.96. The van der Waals surface area contributed by atoms with Gasteiger partial charge in [0.25, 0.3) is 5.91 Å². The molecule has 0 bridgehead atoms. The van der Waals surface area contributed by atoms with Crippen molar-refractivity contribution in [3.8, 4) is 0 Å². The van der Waals surface area contributed by atoms with Crippen LogP contribution >= 0.6 is 11.8 Å². The summed E-state index contributed by atoms with van der Waals surface area (Å²) in [7, 11) is -3.58. The van der Waals surface area contributed by atoms with Gasteiger partial charge in [0.2, 0.25) is 10.0 Å². The molecule has 8 heteroatoms. The Morgan fingerprint density at radius 1 is 1.14 bits per heavy atom. The van der Waals surface area contributed by atoms with Crippen LogP contribution in [-0.4, -0.2) is 37.5 Å². The average molecular weight is 421 g/mol. The third kappa shape index (κ3) is 3.68. The quantitative estimate of drug-likeness (QED) is 0.821. The molecule has 0 aliphatic carbocycles. The first kappa shape index (κ1) is 19.4. The largest absolute Gasteiger partial charge is 0.345 e. The predicted molar refractivity (Wildman–Crippen MR) is 106 cm³/mol. The van der Waals surface area contributed by atoms with Crippen LogP contribution in [0.5, 0.6) is 0 Å². The van der Waals surface area contributed by atoms with E-state index in [4.69, 9.17) is 0 Å². The highest BCUT2D eigenvalue weighted by molar-refractivity contribution is 7.99. The number of sulfonamides is 1. The van der Waals surface area contributed by atoms with Crippen molar-refractivity contribution in [2.75, 3.05) is 18.8 Å². The summed E-state index contributed by atoms with van der Waals surface area (Å²) in [6, 6.07) is 10.7. The van der Waals surface area contributed by atoms with Crippen LogP contribution in [-0.2, 0) is 10.0 Å². The standard InChI is InChI=1S/C20H21FN2O3S2/c21-17-8-4-7-16-18(9-12-27-19(16)17)22-20(24)14-5-3-6-15(13-14)28(25,26)23-10-1-2-11-23/h3-8,13,18H,1-2,9-12H2,(H,22,24)/t18-/m1/s1. The molecule has 1 atom stereocenters. The third-order valence-corrected chi connectivity index (χ3v) is 8.18. The van der Waals surface area contributed by atoms with Gasteiger partial charge in [-0.1, -0.05) is 18.2 Å². The maximum absolute atomic E-state index is 14.0. The highest BCUT2D eigenvalue weighted by Crippen LogP contribution is 2.37. The molecule has 5 nitrogen and oxygen atoms in total. The van der Waals surface area contributed by atoms with Gasteiger partial charge < -0.3 is 5.32 Å². The van der Waals surface area contributed by atoms with Gasteiger partial charge in [0.1, 0.15) is 5.82 Å². The molecule has 148 valence electrons. The maximum Gasteiger partial charge on any atom is 0.251 e. The molecule has 1 amide bonds. The van der Waals surface area contributed by atoms with Crippen molar-refractivity contribution in [2.24, 2.45) is 0 Å². The van der Waals surface area contributed by atoms with Gasteiger partial charge in [0.15, 0.2) is 0 Å². The van der Waals surface area contributed by atoms with Gasteiger partial charge in [-0.15, -0.1) is 11.8 Å². The first-order valence-corrected chi connectivity index (χ1v) is 11.7. The Labute approximate surface area is 168 Å². The maximum atomic E-state index is 14.0. The molecule has 1 saturated heterocycles. The third-order valence-electron chi connectivity index (χ3n) is 5.13. The summed E-state index contributed by atoms with van der Waals surface area (Å²) in [5.74, 6) is 0.0770. The number of nitrogens with one attached hydrogen (secondary N) is 1. The SMILES string of the molecule is O=C(N[C@@H]1CCSc2c(F)cccc21)c1cccc(S(=O)(=O)N2CCCC2)c1. The first-order chi connectivity index (χ1) is 13.5. The molecule has 2 aliphatic rings. The van der Waals surface area contributed by atoms with Crippen molar-refractivity contribution in [1.82, 2.24) is 9.62 Å². The molecule has 0 spiro atoms. The van der Waals surface area contributed by atoms with Gasteiger partial charge in [-0.05, 0) is 49.1 Å². The van der Waals surface area contributed by atoms with Crippen LogP contribution in [0.25, 0.3) is 0 Å². The van der Waals surface area contributed by atoms with E-state index >= 15 is 0 Å². The molecule has 28 heavy (non-hydrogen) atoms. The molecule has 1 N–H and O–H groups in total. The Morgan fingerprint density at radius 3 is 2.68 bits per heavy atom. The van der Waals surface area contributed by atoms with Crippen molar-refractivity contribution < 1.29 is 17.6 Å². The molecule has 2 aromatic rings. The van der Waals surface area contributed by atoms with Gasteiger partial charge in [0, 0.05) is 29.3 Å². The summed E-state index contributed by atoms with van der Waals surface area (Å²) < 4.78 is 41.0. The first-order valence-electron chi connectivity index (χ1n) is 9.29. The van der Waals surface area contributed by atoms with E-state index in [0.29, 0.717) is 30.2 Å². The Morgan fingerprint density at radius 2 is 1.89 bits per heavy atom. The number of carbonyl (C=O) groups is 1. The van der Waals surface area contributed by atoms with E-state index in [9.17, 15) is 17.6 Å². The van der Waals surface area contributed by atoms with E-state index in [0.717, 1.165) is 18.4 Å². The van der Waals surface area contributed by atoms with Crippen LogP contribution < -0.4 is 5.32 Å². The number of amides is 1. The van der Waals surface area contributed by atoms with Crippen LogP contribution in [0, 0.1) is 5.82 Å². The lowest BCUT2D eigenvalue weighted by Gasteiger charge is -2.26. The number of carbonyl (C=O) groups excluding carboxylic acids is 1. The molecule has 1 fully saturated rings. The zero-order chi connectivity index (χ0) is 19.7. The second kappa shape index (κ2) is 7.85. The van der Waals surface area contributed by atoms with Crippen molar-refractivity contribution in [3.63, 3.8) is 0 Å². The molecular weight excluding hydrogens is 399 g/mol. The van der Waals surface area contributed by atoms with Gasteiger partial charge >= 0.3 is 0 Å². The highest BCUT2D eigenvalue weighted by Gasteiger charge is 2.28. The number of rotatable bonds is 4. The molecule has 0 saturated carbocycles. The molecule has 4 rings (SSSR count). The summed E-state index contributed by atoms with van der Waals surface area (Å²) in [6.45, 7) is 1.03. The Bertz CT molecular complexity index is 1000. The molecular formula is C20H21FN2O3S2. The van der Waals surface area contributed by atoms with Gasteiger partial charge in [0.05, 0.1) is 10.9 Å². The van der Waals surface area contributed by atoms with E-state index in [2.05, 4.69) is 5.32 Å². The topological polar surface area (TPSA) is 66.5 Å². The smallest absolute Gasteiger partial charge is 0.251 e. The van der Waals surface area contributed by atoms with Crippen molar-refractivity contribution in [2.45, 2.75) is 35.1 Å². The molecule has 2 heterocycles. The minimum absolute atomic E-state index is 0.132. The van der Waals surface area contributed by atoms with Crippen LogP contribution in [0.4, 0.5) is 4.39 Å². The fourth-order valence-corrected chi connectivity index (χ4v) is 6.36. The average Bonchev–Trinajstić information content (AvgIpc) is 3.25. The second-order valence-corrected chi connectivity index (χ2v) is 10.0. The lowest BCUT2D eigenvalue weighted by molar-refractivity contribution is 0.0934. The Hall–Kier alpha value is -1.90. The number of hydrogen-bond donors (Lipinski definition) is 1. The van der Waals surface area contributed by atoms with Crippen molar-refractivity contribution in [3.05, 3.63) is 59.4 Å². The molecule has 0 radical (unpaired) electrons. The van der Waals surface area contributed by atoms with Crippen molar-refractivity contribution in [1.29, 1.82) is 0 Å². The predicted octanol–water partition coefficient (Wildman–Crippen LogP) is 3.58. The van der Waals surface area contributed by atoms with E-state index < -0.39 is 10.0 Å². The summed E-state index contributed by atoms with van der Waals surface area (Å²) in [5.41, 5.74) is 1.06. The lowest BCUT2D eigenvalue weighted by Crippen LogP contribution is -2.31. The molecule has 0 unspecified atom stereocenters. The Kier molecular flexibility index (Phi) is 5.44. The molecule has 0 aromatic heterocycles. The summed E-state index contributed by atoms with van der Waals surface area (Å²) in [6.07, 6.45) is 2.41. The van der Waals surface area contributed by atoms with E-state index in [1.807, 2.05) is 6.07 Å². The fourth-order valence-electron chi connectivity index (χ4n) is 3.65. The number of halogens is 1. The minimum atomic E-state index is -3.58. The lowest BCUT2D eigenvalue weighted by atomic mass is 10.0. The highest BCUT2D eigenvalue weighted by atomic mass is 32.2. The van der Waals surface area contributed by atoms with E-state index in [1.54, 1.807) is 18.2 Å². The van der Waals surface area contributed by atoms with Crippen LogP contribution in [0.2, 0.25) is 0 Å². The van der Waals surface area contributed by atoms with Gasteiger partial charge in [-0.2, -0.15) is 4.31 Å². The number of thioether (sulfide) groups is 1. The monoisotopic (exact) mass is 420 g/mol. The summed E-state index contributed by atoms with van der Waals surface area (Å²) in [5, 5.41) is 2.94. The van der Waals surface area contributed by atoms with Crippen LogP contribution in [0.1, 0.15) is 41.2 Å². The van der Waals surface area contributed by atoms with Gasteiger partial charge in [-0.25, -0.2) is 12.8 Å². The summed E-state index contributed by atoms with van der Waals surface area (Å²) in [4.78, 5) is 13.5. The number of benzene rings is 2. The Balaban J connectivity index is 1.56. The number of nitrogens with zero attached hydrogens (tertiary/aromatic N) is 1. The molecule has 2 aromatic carbocycles. The number of fused-ring (bicyclic) bond motifs is 1. The minimum Gasteiger partial charge on any atom is -0.345 e. The zero-order valence-corrected chi connectivity index (χ0v) is 16.9. The van der Waals surface area contributed by atoms with E-state index in [-0.39, 0.29) is 28.2 Å². The summed E-state index contributed by atoms with van der Waals surface area (Å²) >= 11 is 1.45. The van der Waals surface area contributed by atoms with Crippen LogP contribution in [0.3, 0.4) is 0 Å². The van der Waals surface area contributed by atoms with Gasteiger partial charge in [-0.3, -0.25) is 4.79 Å². The zero-order valence-electron chi connectivity index (χ0n) is 15.2. The normalized spacial score (nSPS) is 20.0. The fraction of sp³-hybridized carbons (Fsp3) is 0.350. The van der Waals surface area contributed by atoms with Crippen molar-refractivity contribution >= 4 is 27.7 Å². The molecule has 2 aliphatic heterocycles. The number of hydrogen-bond acceptors (Lipinski definition) is 4. The van der Waals surface area contributed by atoms with E-state index in [1.165, 1.54) is 34.3 Å². The van der Waals surface area contributed by atoms with Crippen LogP contribution in [0.15, 0.2) is 52.3 Å².